The van der Waals surface area contributed by atoms with Crippen LogP contribution in [0, 0.1) is 11.8 Å². The standard InChI is InChI=1S/C43H53N3O10/c1-42(2,3)55-37(49)20-18-33(25-47)45-40(51)29-8-6-7-27(21-29)24-44-39(50)30-22-34(38-35(23-30)54-43(56-38,31-14-15-31)32-16-17-32)53-41(52)28-12-9-26(10-13-28)11-19-36(48)46(4)5/h6-13,19,21,23,31-35,38,47H,14-18,20,22,24-25H2,1-5H3,(H,44,50)(H,45,51). The molecule has 1 heterocycles. The summed E-state index contributed by atoms with van der Waals surface area (Å²) in [6.45, 7) is 5.09. The van der Waals surface area contributed by atoms with Crippen molar-refractivity contribution in [2.75, 3.05) is 20.7 Å². The zero-order chi connectivity index (χ0) is 40.2. The zero-order valence-corrected chi connectivity index (χ0v) is 32.7. The van der Waals surface area contributed by atoms with Gasteiger partial charge in [0.05, 0.1) is 18.2 Å². The van der Waals surface area contributed by atoms with Crippen molar-refractivity contribution in [1.82, 2.24) is 15.5 Å². The Bertz CT molecular complexity index is 1840. The number of likely N-dealkylation sites (N-methyl/N-ethyl adjacent to an activating group) is 1. The minimum atomic E-state index is -0.781. The van der Waals surface area contributed by atoms with Gasteiger partial charge in [-0.25, -0.2) is 4.79 Å². The summed E-state index contributed by atoms with van der Waals surface area (Å²) in [5.74, 6) is -2.12. The van der Waals surface area contributed by atoms with Crippen LogP contribution < -0.4 is 10.6 Å². The second-order valence-corrected chi connectivity index (χ2v) is 16.3. The molecule has 4 aliphatic rings. The predicted molar refractivity (Wildman–Crippen MR) is 206 cm³/mol. The van der Waals surface area contributed by atoms with Gasteiger partial charge in [-0.3, -0.25) is 19.2 Å². The molecule has 2 aromatic rings. The summed E-state index contributed by atoms with van der Waals surface area (Å²) >= 11 is 0. The number of nitrogens with zero attached hydrogens (tertiary/aromatic N) is 1. The maximum Gasteiger partial charge on any atom is 0.338 e. The molecule has 3 N–H and O–H groups in total. The van der Waals surface area contributed by atoms with Crippen LogP contribution >= 0.6 is 0 Å². The van der Waals surface area contributed by atoms with Gasteiger partial charge in [-0.15, -0.1) is 0 Å². The zero-order valence-electron chi connectivity index (χ0n) is 32.7. The topological polar surface area (TPSA) is 170 Å². The molecule has 3 aliphatic carbocycles. The third-order valence-electron chi connectivity index (χ3n) is 10.3. The molecule has 0 radical (unpaired) electrons. The molecule has 0 bridgehead atoms. The average molecular weight is 772 g/mol. The fourth-order valence-electron chi connectivity index (χ4n) is 7.10. The lowest BCUT2D eigenvalue weighted by molar-refractivity contribution is -0.209. The SMILES string of the molecule is CN(C)C(=O)C=Cc1ccc(C(=O)OC2CC(C(=O)NCc3cccc(C(=O)NC(CO)CCC(=O)OC(C)(C)C)c3)=CC3OC(C4CC4)(C4CC4)OC32)cc1. The van der Waals surface area contributed by atoms with Gasteiger partial charge < -0.3 is 39.6 Å². The number of carbonyl (C=O) groups is 5. The summed E-state index contributed by atoms with van der Waals surface area (Å²) in [6, 6.07) is 12.9. The number of hydrogen-bond acceptors (Lipinski definition) is 10. The van der Waals surface area contributed by atoms with E-state index < -0.39 is 53.6 Å². The second-order valence-electron chi connectivity index (χ2n) is 16.3. The van der Waals surface area contributed by atoms with Crippen molar-refractivity contribution in [1.29, 1.82) is 0 Å². The Hall–Kier alpha value is -4.85. The first-order valence-corrected chi connectivity index (χ1v) is 19.4. The summed E-state index contributed by atoms with van der Waals surface area (Å²) in [7, 11) is 3.34. The Balaban J connectivity index is 1.10. The van der Waals surface area contributed by atoms with E-state index in [1.165, 1.54) is 11.0 Å². The van der Waals surface area contributed by atoms with E-state index in [2.05, 4.69) is 10.6 Å². The summed E-state index contributed by atoms with van der Waals surface area (Å²) < 4.78 is 24.8. The van der Waals surface area contributed by atoms with E-state index >= 15 is 0 Å². The molecule has 4 unspecified atom stereocenters. The lowest BCUT2D eigenvalue weighted by Crippen LogP contribution is -2.44. The van der Waals surface area contributed by atoms with E-state index in [4.69, 9.17) is 18.9 Å². The molecule has 300 valence electrons. The second kappa shape index (κ2) is 17.1. The highest BCUT2D eigenvalue weighted by atomic mass is 16.8. The number of aliphatic hydroxyl groups excluding tert-OH is 1. The highest BCUT2D eigenvalue weighted by Gasteiger charge is 2.64. The van der Waals surface area contributed by atoms with Gasteiger partial charge in [-0.05, 0) is 100 Å². The first kappa shape index (κ1) is 40.8. The number of benzene rings is 2. The van der Waals surface area contributed by atoms with E-state index in [0.717, 1.165) is 31.2 Å². The Morgan fingerprint density at radius 2 is 1.66 bits per heavy atom. The summed E-state index contributed by atoms with van der Waals surface area (Å²) in [4.78, 5) is 65.9. The summed E-state index contributed by atoms with van der Waals surface area (Å²) in [6.07, 6.45) is 7.37. The molecule has 13 heteroatoms. The average Bonchev–Trinajstić information content (AvgIpc) is 4.11. The Labute approximate surface area is 327 Å². The number of aliphatic hydroxyl groups is 1. The molecule has 3 amide bonds. The molecule has 3 fully saturated rings. The smallest absolute Gasteiger partial charge is 0.338 e. The van der Waals surface area contributed by atoms with Crippen molar-refractivity contribution >= 4 is 35.7 Å². The first-order valence-electron chi connectivity index (χ1n) is 19.4. The number of fused-ring (bicyclic) bond motifs is 1. The lowest BCUT2D eigenvalue weighted by Gasteiger charge is -2.31. The number of nitrogens with one attached hydrogen (secondary N) is 2. The van der Waals surface area contributed by atoms with Crippen LogP contribution in [0.5, 0.6) is 0 Å². The van der Waals surface area contributed by atoms with Crippen LogP contribution in [-0.4, -0.2) is 96.1 Å². The Morgan fingerprint density at radius 1 is 0.964 bits per heavy atom. The fourth-order valence-corrected chi connectivity index (χ4v) is 7.10. The van der Waals surface area contributed by atoms with Crippen molar-refractivity contribution in [2.24, 2.45) is 11.8 Å². The Morgan fingerprint density at radius 3 is 2.29 bits per heavy atom. The number of rotatable bonds is 15. The van der Waals surface area contributed by atoms with Gasteiger partial charge in [-0.2, -0.15) is 0 Å². The van der Waals surface area contributed by atoms with Crippen LogP contribution in [0.4, 0.5) is 0 Å². The summed E-state index contributed by atoms with van der Waals surface area (Å²) in [5, 5.41) is 15.6. The van der Waals surface area contributed by atoms with Crippen LogP contribution in [0.2, 0.25) is 0 Å². The largest absolute Gasteiger partial charge is 0.460 e. The van der Waals surface area contributed by atoms with Gasteiger partial charge in [-0.1, -0.05) is 24.3 Å². The fraction of sp³-hybridized carbons (Fsp3) is 0.512. The van der Waals surface area contributed by atoms with E-state index in [0.29, 0.717) is 22.3 Å². The molecule has 1 aliphatic heterocycles. The third-order valence-corrected chi connectivity index (χ3v) is 10.3. The molecular formula is C43H53N3O10. The van der Waals surface area contributed by atoms with E-state index in [9.17, 15) is 29.1 Å². The van der Waals surface area contributed by atoms with Crippen molar-refractivity contribution in [2.45, 2.75) is 108 Å². The number of carbonyl (C=O) groups excluding carboxylic acids is 5. The van der Waals surface area contributed by atoms with Crippen LogP contribution in [0.1, 0.15) is 97.6 Å². The predicted octanol–water partition coefficient (Wildman–Crippen LogP) is 4.47. The van der Waals surface area contributed by atoms with Crippen LogP contribution in [-0.2, 0) is 39.9 Å². The molecular weight excluding hydrogens is 718 g/mol. The van der Waals surface area contributed by atoms with Gasteiger partial charge >= 0.3 is 11.9 Å². The first-order chi connectivity index (χ1) is 26.6. The van der Waals surface area contributed by atoms with Crippen LogP contribution in [0.25, 0.3) is 6.08 Å². The molecule has 6 rings (SSSR count). The maximum atomic E-state index is 13.7. The Kier molecular flexibility index (Phi) is 12.5. The molecule has 2 aromatic carbocycles. The van der Waals surface area contributed by atoms with Gasteiger partial charge in [0.15, 0.2) is 5.79 Å². The summed E-state index contributed by atoms with van der Waals surface area (Å²) in [5.41, 5.74) is 1.85. The van der Waals surface area contributed by atoms with E-state index in [-0.39, 0.29) is 56.1 Å². The van der Waals surface area contributed by atoms with E-state index in [1.807, 2.05) is 0 Å². The highest BCUT2D eigenvalue weighted by molar-refractivity contribution is 5.96. The highest BCUT2D eigenvalue weighted by Crippen LogP contribution is 2.59. The van der Waals surface area contributed by atoms with Crippen molar-refractivity contribution < 1.29 is 48.0 Å². The number of ether oxygens (including phenoxy) is 4. The monoisotopic (exact) mass is 771 g/mol. The van der Waals surface area contributed by atoms with Gasteiger partial charge in [0.1, 0.15) is 23.9 Å². The van der Waals surface area contributed by atoms with Crippen molar-refractivity contribution in [3.8, 4) is 0 Å². The molecule has 2 saturated carbocycles. The van der Waals surface area contributed by atoms with Crippen molar-refractivity contribution in [3.63, 3.8) is 0 Å². The molecule has 13 nitrogen and oxygen atoms in total. The quantitative estimate of drug-likeness (QED) is 0.174. The lowest BCUT2D eigenvalue weighted by atomic mass is 9.91. The molecule has 0 aromatic heterocycles. The minimum Gasteiger partial charge on any atom is -0.460 e. The molecule has 1 saturated heterocycles. The third kappa shape index (κ3) is 10.3. The number of amides is 3. The normalized spacial score (nSPS) is 22.0. The molecule has 4 atom stereocenters. The maximum absolute atomic E-state index is 13.7. The van der Waals surface area contributed by atoms with Crippen LogP contribution in [0.15, 0.2) is 66.3 Å². The van der Waals surface area contributed by atoms with Crippen molar-refractivity contribution in [3.05, 3.63) is 88.5 Å². The van der Waals surface area contributed by atoms with Gasteiger partial charge in [0.2, 0.25) is 11.8 Å². The molecule has 0 spiro atoms. The van der Waals surface area contributed by atoms with E-state index in [1.54, 1.807) is 95.5 Å². The minimum absolute atomic E-state index is 0.0398. The number of esters is 2. The number of hydrogen-bond donors (Lipinski definition) is 3. The molecule has 56 heavy (non-hydrogen) atoms. The van der Waals surface area contributed by atoms with Gasteiger partial charge in [0.25, 0.3) is 5.91 Å². The van der Waals surface area contributed by atoms with Gasteiger partial charge in [0, 0.05) is 62.5 Å². The van der Waals surface area contributed by atoms with Crippen LogP contribution in [0.3, 0.4) is 0 Å².